The van der Waals surface area contributed by atoms with Gasteiger partial charge in [-0.2, -0.15) is 0 Å². The molecule has 2 aliphatic rings. The molecule has 0 atom stereocenters. The number of rotatable bonds is 2. The number of carbonyl (C=O) groups excluding carboxylic acids is 3. The van der Waals surface area contributed by atoms with E-state index in [0.717, 1.165) is 10.0 Å². The molecule has 3 amide bonds. The number of aromatic nitrogens is 1. The van der Waals surface area contributed by atoms with Crippen LogP contribution in [0.1, 0.15) is 39.2 Å². The van der Waals surface area contributed by atoms with Crippen molar-refractivity contribution in [1.29, 1.82) is 0 Å². The van der Waals surface area contributed by atoms with Gasteiger partial charge in [0.1, 0.15) is 18.0 Å². The Morgan fingerprint density at radius 2 is 2.04 bits per heavy atom. The number of carbonyl (C=O) groups is 3. The molecular weight excluding hydrogens is 428 g/mol. The average Bonchev–Trinajstić information content (AvgIpc) is 2.60. The number of nitrogens with zero attached hydrogens (tertiary/aromatic N) is 2. The SMILES string of the molecule is CC(C)(C)OC(=O)NCC(=O)N1CCC2(CC1)Cc1cc(Br)cnc1NC2=O. The van der Waals surface area contributed by atoms with Gasteiger partial charge >= 0.3 is 6.09 Å². The number of pyridine rings is 1. The van der Waals surface area contributed by atoms with Gasteiger partial charge < -0.3 is 20.3 Å². The summed E-state index contributed by atoms with van der Waals surface area (Å²) in [5.74, 6) is 0.398. The molecule has 1 spiro atoms. The second kappa shape index (κ2) is 7.69. The van der Waals surface area contributed by atoms with E-state index in [1.807, 2.05) is 6.07 Å². The molecule has 28 heavy (non-hydrogen) atoms. The topological polar surface area (TPSA) is 101 Å². The molecule has 0 aromatic carbocycles. The van der Waals surface area contributed by atoms with Gasteiger partial charge in [-0.25, -0.2) is 9.78 Å². The second-order valence-corrected chi connectivity index (χ2v) is 9.22. The lowest BCUT2D eigenvalue weighted by molar-refractivity contribution is -0.137. The smallest absolute Gasteiger partial charge is 0.408 e. The van der Waals surface area contributed by atoms with Crippen LogP contribution >= 0.6 is 15.9 Å². The zero-order valence-electron chi connectivity index (χ0n) is 16.3. The van der Waals surface area contributed by atoms with Crippen molar-refractivity contribution in [3.8, 4) is 0 Å². The zero-order valence-corrected chi connectivity index (χ0v) is 17.9. The molecule has 0 unspecified atom stereocenters. The molecule has 3 heterocycles. The first-order valence-corrected chi connectivity index (χ1v) is 10.1. The van der Waals surface area contributed by atoms with Crippen LogP contribution in [-0.4, -0.2) is 53.0 Å². The molecule has 9 heteroatoms. The fourth-order valence-electron chi connectivity index (χ4n) is 3.58. The van der Waals surface area contributed by atoms with Crippen molar-refractivity contribution < 1.29 is 19.1 Å². The summed E-state index contributed by atoms with van der Waals surface area (Å²) in [4.78, 5) is 42.8. The van der Waals surface area contributed by atoms with Crippen molar-refractivity contribution in [2.75, 3.05) is 25.0 Å². The maximum Gasteiger partial charge on any atom is 0.408 e. The largest absolute Gasteiger partial charge is 0.444 e. The fourth-order valence-corrected chi connectivity index (χ4v) is 3.95. The molecule has 8 nitrogen and oxygen atoms in total. The molecule has 1 aromatic heterocycles. The third-order valence-electron chi connectivity index (χ3n) is 5.03. The van der Waals surface area contributed by atoms with E-state index in [1.54, 1.807) is 31.9 Å². The Bertz CT molecular complexity index is 798. The van der Waals surface area contributed by atoms with E-state index in [1.165, 1.54) is 0 Å². The molecule has 1 saturated heterocycles. The number of nitrogens with one attached hydrogen (secondary N) is 2. The molecule has 1 fully saturated rings. The number of fused-ring (bicyclic) bond motifs is 1. The summed E-state index contributed by atoms with van der Waals surface area (Å²) >= 11 is 3.42. The highest BCUT2D eigenvalue weighted by Gasteiger charge is 2.45. The highest BCUT2D eigenvalue weighted by atomic mass is 79.9. The molecule has 2 aliphatic heterocycles. The van der Waals surface area contributed by atoms with Gasteiger partial charge in [0, 0.05) is 23.8 Å². The first-order chi connectivity index (χ1) is 13.1. The highest BCUT2D eigenvalue weighted by Crippen LogP contribution is 2.41. The third kappa shape index (κ3) is 4.63. The zero-order chi connectivity index (χ0) is 20.5. The number of hydrogen-bond acceptors (Lipinski definition) is 5. The van der Waals surface area contributed by atoms with Gasteiger partial charge in [-0.05, 0) is 67.6 Å². The third-order valence-corrected chi connectivity index (χ3v) is 5.47. The summed E-state index contributed by atoms with van der Waals surface area (Å²) in [7, 11) is 0. The van der Waals surface area contributed by atoms with E-state index < -0.39 is 17.1 Å². The molecule has 1 aromatic rings. The minimum Gasteiger partial charge on any atom is -0.444 e. The number of piperidine rings is 1. The van der Waals surface area contributed by atoms with Crippen LogP contribution in [0, 0.1) is 5.41 Å². The number of ether oxygens (including phenoxy) is 1. The number of alkyl carbamates (subject to hydrolysis) is 1. The van der Waals surface area contributed by atoms with Gasteiger partial charge in [-0.15, -0.1) is 0 Å². The number of hydrogen-bond donors (Lipinski definition) is 2. The molecule has 2 N–H and O–H groups in total. The molecular formula is C19H25BrN4O4. The summed E-state index contributed by atoms with van der Waals surface area (Å²) in [5.41, 5.74) is -0.135. The number of amides is 3. The van der Waals surface area contributed by atoms with Crippen molar-refractivity contribution in [2.45, 2.75) is 45.6 Å². The van der Waals surface area contributed by atoms with Gasteiger partial charge in [-0.3, -0.25) is 9.59 Å². The number of likely N-dealkylation sites (tertiary alicyclic amines) is 1. The van der Waals surface area contributed by atoms with Gasteiger partial charge in [-0.1, -0.05) is 0 Å². The van der Waals surface area contributed by atoms with E-state index in [4.69, 9.17) is 4.74 Å². The van der Waals surface area contributed by atoms with Crippen LogP contribution in [-0.2, 0) is 20.7 Å². The van der Waals surface area contributed by atoms with Crippen LogP contribution in [0.2, 0.25) is 0 Å². The number of halogens is 1. The Hall–Kier alpha value is -2.16. The Balaban J connectivity index is 1.56. The molecule has 3 rings (SSSR count). The maximum absolute atomic E-state index is 12.7. The highest BCUT2D eigenvalue weighted by molar-refractivity contribution is 9.10. The maximum atomic E-state index is 12.7. The van der Waals surface area contributed by atoms with Crippen molar-refractivity contribution >= 4 is 39.7 Å². The van der Waals surface area contributed by atoms with Gasteiger partial charge in [0.15, 0.2) is 0 Å². The lowest BCUT2D eigenvalue weighted by Crippen LogP contribution is -2.52. The van der Waals surface area contributed by atoms with E-state index in [9.17, 15) is 14.4 Å². The van der Waals surface area contributed by atoms with Crippen LogP contribution in [0.25, 0.3) is 0 Å². The van der Waals surface area contributed by atoms with Crippen LogP contribution in [0.5, 0.6) is 0 Å². The van der Waals surface area contributed by atoms with Gasteiger partial charge in [0.25, 0.3) is 0 Å². The molecule has 0 saturated carbocycles. The van der Waals surface area contributed by atoms with Crippen LogP contribution in [0.4, 0.5) is 10.6 Å². The van der Waals surface area contributed by atoms with E-state index in [-0.39, 0.29) is 18.4 Å². The minimum atomic E-state index is -0.615. The van der Waals surface area contributed by atoms with Gasteiger partial charge in [0.2, 0.25) is 11.8 Å². The summed E-state index contributed by atoms with van der Waals surface area (Å²) in [6.45, 7) is 6.12. The van der Waals surface area contributed by atoms with Gasteiger partial charge in [0.05, 0.1) is 5.41 Å². The van der Waals surface area contributed by atoms with Crippen LogP contribution < -0.4 is 10.6 Å². The van der Waals surface area contributed by atoms with E-state index >= 15 is 0 Å². The summed E-state index contributed by atoms with van der Waals surface area (Å²) in [6, 6.07) is 1.98. The van der Waals surface area contributed by atoms with Crippen molar-refractivity contribution in [3.63, 3.8) is 0 Å². The molecule has 0 bridgehead atoms. The quantitative estimate of drug-likeness (QED) is 0.717. The Morgan fingerprint density at radius 3 is 2.68 bits per heavy atom. The monoisotopic (exact) mass is 452 g/mol. The predicted octanol–water partition coefficient (Wildman–Crippen LogP) is 2.47. The first kappa shape index (κ1) is 20.6. The molecule has 0 radical (unpaired) electrons. The van der Waals surface area contributed by atoms with Crippen LogP contribution in [0.15, 0.2) is 16.7 Å². The van der Waals surface area contributed by atoms with E-state index in [2.05, 4.69) is 31.5 Å². The predicted molar refractivity (Wildman–Crippen MR) is 107 cm³/mol. The minimum absolute atomic E-state index is 0.0335. The molecule has 152 valence electrons. The average molecular weight is 453 g/mol. The lowest BCUT2D eigenvalue weighted by atomic mass is 9.71. The summed E-state index contributed by atoms with van der Waals surface area (Å²) in [5, 5.41) is 5.40. The Morgan fingerprint density at radius 1 is 1.36 bits per heavy atom. The normalized spacial score (nSPS) is 18.3. The Labute approximate surface area is 172 Å². The standard InChI is InChI=1S/C19H25BrN4O4/c1-18(2,3)28-17(27)22-11-14(25)24-6-4-19(5-7-24)9-12-8-13(20)10-21-15(12)23-16(19)26/h8,10H,4-7,9,11H2,1-3H3,(H,22,27)(H,21,23,26). The van der Waals surface area contributed by atoms with E-state index in [0.29, 0.717) is 38.2 Å². The van der Waals surface area contributed by atoms with Crippen molar-refractivity contribution in [1.82, 2.24) is 15.2 Å². The fraction of sp³-hybridized carbons (Fsp3) is 0.579. The van der Waals surface area contributed by atoms with Crippen LogP contribution in [0.3, 0.4) is 0 Å². The summed E-state index contributed by atoms with van der Waals surface area (Å²) in [6.07, 6.45) is 2.80. The van der Waals surface area contributed by atoms with Crippen molar-refractivity contribution in [3.05, 3.63) is 22.3 Å². The molecule has 0 aliphatic carbocycles. The Kier molecular flexibility index (Phi) is 5.65. The first-order valence-electron chi connectivity index (χ1n) is 9.28. The lowest BCUT2D eigenvalue weighted by Gasteiger charge is -2.43. The summed E-state index contributed by atoms with van der Waals surface area (Å²) < 4.78 is 6.01. The number of anilines is 1. The second-order valence-electron chi connectivity index (χ2n) is 8.31. The van der Waals surface area contributed by atoms with Crippen molar-refractivity contribution in [2.24, 2.45) is 5.41 Å².